The molecule has 2 aromatic carbocycles. The van der Waals surface area contributed by atoms with E-state index in [9.17, 15) is 13.6 Å². The highest BCUT2D eigenvalue weighted by molar-refractivity contribution is 7.98. The number of para-hydroxylation sites is 1. The molecule has 4 nitrogen and oxygen atoms in total. The molecule has 24 heavy (non-hydrogen) atoms. The van der Waals surface area contributed by atoms with Crippen molar-refractivity contribution in [3.63, 3.8) is 0 Å². The van der Waals surface area contributed by atoms with Gasteiger partial charge in [0.2, 0.25) is 0 Å². The Morgan fingerprint density at radius 3 is 2.83 bits per heavy atom. The molecular weight excluding hydrogens is 332 g/mol. The zero-order chi connectivity index (χ0) is 16.7. The van der Waals surface area contributed by atoms with Crippen molar-refractivity contribution in [2.45, 2.75) is 10.6 Å². The van der Waals surface area contributed by atoms with Crippen LogP contribution in [0.4, 0.5) is 8.78 Å². The normalized spacial score (nSPS) is 11.4. The molecule has 4 aromatic rings. The van der Waals surface area contributed by atoms with E-state index < -0.39 is 11.6 Å². The highest BCUT2D eigenvalue weighted by Gasteiger charge is 2.11. The molecule has 0 unspecified atom stereocenters. The van der Waals surface area contributed by atoms with Crippen LogP contribution in [0.25, 0.3) is 16.6 Å². The van der Waals surface area contributed by atoms with E-state index in [0.29, 0.717) is 11.3 Å². The molecule has 0 fully saturated rings. The average molecular weight is 343 g/mol. The molecule has 2 heterocycles. The number of benzene rings is 2. The number of hydrogen-bond donors (Lipinski definition) is 1. The number of hydrogen-bond acceptors (Lipinski definition) is 3. The highest BCUT2D eigenvalue weighted by atomic mass is 32.2. The van der Waals surface area contributed by atoms with Crippen molar-refractivity contribution in [2.75, 3.05) is 0 Å². The smallest absolute Gasteiger partial charge is 0.272 e. The summed E-state index contributed by atoms with van der Waals surface area (Å²) in [5.74, 6) is -1.50. The highest BCUT2D eigenvalue weighted by Crippen LogP contribution is 2.26. The number of aromatic nitrogens is 3. The topological polar surface area (TPSA) is 50.2 Å². The van der Waals surface area contributed by atoms with Gasteiger partial charge in [-0.1, -0.05) is 18.2 Å². The Labute approximate surface area is 139 Å². The van der Waals surface area contributed by atoms with Gasteiger partial charge in [0.05, 0.1) is 11.2 Å². The molecule has 0 spiro atoms. The van der Waals surface area contributed by atoms with Crippen molar-refractivity contribution in [2.24, 2.45) is 0 Å². The second-order valence-electron chi connectivity index (χ2n) is 5.24. The van der Waals surface area contributed by atoms with E-state index in [2.05, 4.69) is 10.1 Å². The van der Waals surface area contributed by atoms with Crippen LogP contribution < -0.4 is 5.56 Å². The van der Waals surface area contributed by atoms with E-state index in [-0.39, 0.29) is 16.2 Å². The third-order valence-corrected chi connectivity index (χ3v) is 4.73. The first-order valence-corrected chi connectivity index (χ1v) is 8.18. The minimum absolute atomic E-state index is 0.191. The fraction of sp³-hybridized carbons (Fsp3) is 0.0588. The van der Waals surface area contributed by atoms with Crippen molar-refractivity contribution >= 4 is 28.3 Å². The number of aromatic amines is 1. The summed E-state index contributed by atoms with van der Waals surface area (Å²) in [6, 6.07) is 12.9. The fourth-order valence-corrected chi connectivity index (χ4v) is 3.39. The van der Waals surface area contributed by atoms with Gasteiger partial charge < -0.3 is 0 Å². The summed E-state index contributed by atoms with van der Waals surface area (Å²) in [5, 5.41) is 3.82. The maximum absolute atomic E-state index is 13.7. The Balaban J connectivity index is 1.73. The first kappa shape index (κ1) is 14.9. The van der Waals surface area contributed by atoms with Gasteiger partial charge in [-0.2, -0.15) is 0 Å². The lowest BCUT2D eigenvalue weighted by molar-refractivity contribution is 0.491. The zero-order valence-electron chi connectivity index (χ0n) is 12.3. The van der Waals surface area contributed by atoms with E-state index in [1.54, 1.807) is 0 Å². The molecule has 0 atom stereocenters. The Morgan fingerprint density at radius 1 is 1.12 bits per heavy atom. The molecule has 0 radical (unpaired) electrons. The van der Waals surface area contributed by atoms with E-state index in [1.165, 1.54) is 22.7 Å². The van der Waals surface area contributed by atoms with Crippen LogP contribution in [0.1, 0.15) is 5.69 Å². The van der Waals surface area contributed by atoms with E-state index >= 15 is 0 Å². The number of thioether (sulfide) groups is 1. The number of nitrogens with one attached hydrogen (secondary N) is 1. The van der Waals surface area contributed by atoms with Crippen molar-refractivity contribution < 1.29 is 8.78 Å². The van der Waals surface area contributed by atoms with Crippen LogP contribution in [0.15, 0.2) is 58.2 Å². The lowest BCUT2D eigenvalue weighted by Crippen LogP contribution is -2.15. The van der Waals surface area contributed by atoms with Gasteiger partial charge in [0, 0.05) is 22.1 Å². The minimum atomic E-state index is -0.889. The average Bonchev–Trinajstić information content (AvgIpc) is 2.96. The van der Waals surface area contributed by atoms with Crippen molar-refractivity contribution in [3.8, 4) is 0 Å². The van der Waals surface area contributed by atoms with Gasteiger partial charge in [-0.15, -0.1) is 11.8 Å². The van der Waals surface area contributed by atoms with Gasteiger partial charge in [-0.25, -0.2) is 18.3 Å². The summed E-state index contributed by atoms with van der Waals surface area (Å²) < 4.78 is 28.3. The fourth-order valence-electron chi connectivity index (χ4n) is 2.54. The first-order valence-electron chi connectivity index (χ1n) is 7.20. The van der Waals surface area contributed by atoms with E-state index in [1.807, 2.05) is 24.3 Å². The van der Waals surface area contributed by atoms with Gasteiger partial charge in [0.15, 0.2) is 17.3 Å². The van der Waals surface area contributed by atoms with Gasteiger partial charge in [0.1, 0.15) is 0 Å². The Bertz CT molecular complexity index is 1120. The number of fused-ring (bicyclic) bond motifs is 3. The van der Waals surface area contributed by atoms with E-state index in [0.717, 1.165) is 28.7 Å². The standard InChI is InChI=1S/C17H11F2N3OS/c18-12-5-3-7-14(16(12)19)24-9-10-8-15(23)22-17(20-10)11-4-1-2-6-13(11)21-22/h1-8,21H,9H2. The van der Waals surface area contributed by atoms with Crippen molar-refractivity contribution in [3.05, 3.63) is 76.2 Å². The molecule has 2 aromatic heterocycles. The lowest BCUT2D eigenvalue weighted by Gasteiger charge is -2.04. The van der Waals surface area contributed by atoms with Crippen LogP contribution in [0.3, 0.4) is 0 Å². The van der Waals surface area contributed by atoms with E-state index in [4.69, 9.17) is 0 Å². The van der Waals surface area contributed by atoms with Gasteiger partial charge in [-0.3, -0.25) is 9.89 Å². The van der Waals surface area contributed by atoms with Crippen LogP contribution in [-0.4, -0.2) is 14.6 Å². The zero-order valence-corrected chi connectivity index (χ0v) is 13.1. The minimum Gasteiger partial charge on any atom is -0.289 e. The van der Waals surface area contributed by atoms with Crippen LogP contribution in [0.2, 0.25) is 0 Å². The van der Waals surface area contributed by atoms with Crippen LogP contribution in [0.5, 0.6) is 0 Å². The number of nitrogens with zero attached hydrogens (tertiary/aromatic N) is 2. The summed E-state index contributed by atoms with van der Waals surface area (Å²) in [7, 11) is 0. The second-order valence-corrected chi connectivity index (χ2v) is 6.26. The SMILES string of the molecule is O=c1cc(CSc2cccc(F)c2F)nc2c3ccccc3[nH]n12. The molecule has 0 aliphatic carbocycles. The third-order valence-electron chi connectivity index (χ3n) is 3.66. The molecule has 0 bridgehead atoms. The van der Waals surface area contributed by atoms with Crippen LogP contribution in [-0.2, 0) is 5.75 Å². The lowest BCUT2D eigenvalue weighted by atomic mass is 10.2. The summed E-state index contributed by atoms with van der Waals surface area (Å²) in [6.07, 6.45) is 0. The Morgan fingerprint density at radius 2 is 1.96 bits per heavy atom. The van der Waals surface area contributed by atoms with Crippen molar-refractivity contribution in [1.82, 2.24) is 14.6 Å². The Kier molecular flexibility index (Phi) is 3.57. The molecule has 1 N–H and O–H groups in total. The third kappa shape index (κ3) is 2.46. The van der Waals surface area contributed by atoms with Crippen molar-refractivity contribution in [1.29, 1.82) is 0 Å². The number of halogens is 2. The summed E-state index contributed by atoms with van der Waals surface area (Å²) in [5.41, 5.74) is 1.60. The van der Waals surface area contributed by atoms with Crippen LogP contribution in [0, 0.1) is 11.6 Å². The monoisotopic (exact) mass is 343 g/mol. The quantitative estimate of drug-likeness (QED) is 0.577. The summed E-state index contributed by atoms with van der Waals surface area (Å²) in [6.45, 7) is 0. The number of rotatable bonds is 3. The Hall–Kier alpha value is -2.67. The largest absolute Gasteiger partial charge is 0.289 e. The van der Waals surface area contributed by atoms with Crippen LogP contribution >= 0.6 is 11.8 Å². The van der Waals surface area contributed by atoms with Gasteiger partial charge >= 0.3 is 0 Å². The van der Waals surface area contributed by atoms with Gasteiger partial charge in [0.25, 0.3) is 5.56 Å². The summed E-state index contributed by atoms with van der Waals surface area (Å²) >= 11 is 1.10. The molecule has 0 aliphatic heterocycles. The second kappa shape index (κ2) is 5.76. The predicted octanol–water partition coefficient (Wildman–Crippen LogP) is 3.75. The molecule has 4 rings (SSSR count). The predicted molar refractivity (Wildman–Crippen MR) is 89.2 cm³/mol. The molecule has 0 saturated heterocycles. The van der Waals surface area contributed by atoms with Gasteiger partial charge in [-0.05, 0) is 24.3 Å². The maximum atomic E-state index is 13.7. The summed E-state index contributed by atoms with van der Waals surface area (Å²) in [4.78, 5) is 16.9. The molecule has 0 saturated carbocycles. The molecule has 7 heteroatoms. The molecule has 0 aliphatic rings. The molecule has 120 valence electrons. The molecule has 0 amide bonds. The molecular formula is C17H11F2N3OS. The first-order chi connectivity index (χ1) is 11.6. The number of H-pyrrole nitrogens is 1. The maximum Gasteiger partial charge on any atom is 0.272 e.